The third-order valence-corrected chi connectivity index (χ3v) is 8.19. The number of aromatic carboxylic acids is 1. The fourth-order valence-electron chi connectivity index (χ4n) is 5.97. The number of methoxy groups -OCH3 is 1. The van der Waals surface area contributed by atoms with Crippen LogP contribution in [-0.2, 0) is 18.9 Å². The van der Waals surface area contributed by atoms with E-state index in [2.05, 4.69) is 26.8 Å². The Bertz CT molecular complexity index is 1140. The van der Waals surface area contributed by atoms with Crippen molar-refractivity contribution < 1.29 is 63.2 Å². The molecule has 10 nitrogen and oxygen atoms in total. The van der Waals surface area contributed by atoms with E-state index in [1.54, 1.807) is 7.11 Å². The van der Waals surface area contributed by atoms with Crippen molar-refractivity contribution in [3.63, 3.8) is 0 Å². The molecular weight excluding hydrogens is 491 g/mol. The van der Waals surface area contributed by atoms with Crippen molar-refractivity contribution in [1.82, 2.24) is 9.47 Å². The first-order valence-electron chi connectivity index (χ1n) is 12.4. The van der Waals surface area contributed by atoms with Crippen LogP contribution in [0.5, 0.6) is 0 Å². The molecule has 1 amide bonds. The quantitative estimate of drug-likeness (QED) is 0.235. The number of ether oxygens (including phenoxy) is 4. The zero-order valence-electron chi connectivity index (χ0n) is 22.1. The number of aromatic nitrogens is 1. The van der Waals surface area contributed by atoms with Gasteiger partial charge in [-0.25, -0.2) is 4.79 Å². The van der Waals surface area contributed by atoms with Crippen LogP contribution in [0.1, 0.15) is 56.4 Å². The number of epoxide rings is 2. The van der Waals surface area contributed by atoms with Gasteiger partial charge in [-0.1, -0.05) is 11.6 Å². The van der Waals surface area contributed by atoms with Gasteiger partial charge < -0.3 is 38.3 Å². The number of carbonyl (C=O) groups excluding carboxylic acids is 2. The molecule has 1 aromatic heterocycles. The zero-order valence-corrected chi connectivity index (χ0v) is 24.1. The Morgan fingerprint density at radius 3 is 2.57 bits per heavy atom. The second kappa shape index (κ2) is 10.5. The van der Waals surface area contributed by atoms with Crippen LogP contribution >= 0.6 is 0 Å². The van der Waals surface area contributed by atoms with Gasteiger partial charge in [0.1, 0.15) is 23.4 Å². The zero-order chi connectivity index (χ0) is 25.8. The van der Waals surface area contributed by atoms with E-state index in [1.165, 1.54) is 27.3 Å². The Morgan fingerprint density at radius 1 is 1.30 bits per heavy atom. The van der Waals surface area contributed by atoms with Crippen molar-refractivity contribution in [3.8, 4) is 0 Å². The van der Waals surface area contributed by atoms with Crippen LogP contribution in [-0.4, -0.2) is 77.8 Å². The summed E-state index contributed by atoms with van der Waals surface area (Å²) < 4.78 is 25.5. The standard InChI is InChI=1S/C26H34N2O8.Na/c1-15(2)5-6-19-25(3,36-19)22-21(33-4)18(7-9-26(22)14-34-26)35-24(32)27-12-17(13-27)28-10-8-16(23(30)31)11-20(28)29;/h5,8,10-11,17-19,21-22H,6-7,9,12-14H2,1-4H3,(H,30,31);/q;+1/p-1/t18-,19-,21-,22-,25+,26+;/m1./s1. The van der Waals surface area contributed by atoms with Crippen LogP contribution in [0.3, 0.4) is 0 Å². The third-order valence-electron chi connectivity index (χ3n) is 8.19. The van der Waals surface area contributed by atoms with Gasteiger partial charge in [0.25, 0.3) is 5.56 Å². The predicted octanol–water partition coefficient (Wildman–Crippen LogP) is -1.71. The molecule has 0 bridgehead atoms. The minimum Gasteiger partial charge on any atom is -0.545 e. The van der Waals surface area contributed by atoms with Crippen LogP contribution in [0, 0.1) is 5.92 Å². The number of rotatable bonds is 7. The molecule has 4 aliphatic rings. The maximum Gasteiger partial charge on any atom is 1.00 e. The number of carbonyl (C=O) groups is 2. The Balaban J connectivity index is 0.00000320. The smallest absolute Gasteiger partial charge is 0.545 e. The summed E-state index contributed by atoms with van der Waals surface area (Å²) in [4.78, 5) is 37.7. The Labute approximate surface area is 238 Å². The van der Waals surface area contributed by atoms with Crippen LogP contribution in [0.25, 0.3) is 0 Å². The van der Waals surface area contributed by atoms with Crippen molar-refractivity contribution in [2.45, 2.75) is 75.6 Å². The molecule has 0 aromatic carbocycles. The molecular formula is C26H33N2NaO8. The number of pyridine rings is 1. The molecule has 1 aliphatic carbocycles. The SMILES string of the molecule is CO[C@@H]1[C@H](OC(=O)N2CC(n3ccc(C(=O)[O-])cc3=O)C2)CC[C@]2(CO2)[C@H]1[C@@]1(C)O[C@@H]1CC=C(C)C.[Na+]. The molecule has 3 aliphatic heterocycles. The molecule has 1 aromatic rings. The van der Waals surface area contributed by atoms with E-state index < -0.39 is 29.3 Å². The maximum absolute atomic E-state index is 13.0. The second-order valence-corrected chi connectivity index (χ2v) is 10.8. The van der Waals surface area contributed by atoms with Gasteiger partial charge in [0, 0.05) is 38.0 Å². The van der Waals surface area contributed by atoms with Gasteiger partial charge in [0.2, 0.25) is 0 Å². The van der Waals surface area contributed by atoms with Crippen molar-refractivity contribution in [1.29, 1.82) is 0 Å². The largest absolute Gasteiger partial charge is 1.00 e. The van der Waals surface area contributed by atoms with Crippen molar-refractivity contribution in [2.75, 3.05) is 26.8 Å². The molecule has 6 atom stereocenters. The summed E-state index contributed by atoms with van der Waals surface area (Å²) in [6, 6.07) is 2.11. The minimum atomic E-state index is -1.40. The number of carboxylic acids is 1. The molecule has 0 N–H and O–H groups in total. The van der Waals surface area contributed by atoms with Crippen LogP contribution < -0.4 is 40.2 Å². The topological polar surface area (TPSA) is 126 Å². The molecule has 196 valence electrons. The Kier molecular flexibility index (Phi) is 8.01. The van der Waals surface area contributed by atoms with E-state index in [1.807, 2.05) is 0 Å². The van der Waals surface area contributed by atoms with Crippen molar-refractivity contribution in [2.24, 2.45) is 5.92 Å². The van der Waals surface area contributed by atoms with E-state index in [0.717, 1.165) is 18.9 Å². The minimum absolute atomic E-state index is 0. The van der Waals surface area contributed by atoms with Crippen LogP contribution in [0.2, 0.25) is 0 Å². The number of hydrogen-bond acceptors (Lipinski definition) is 8. The summed E-state index contributed by atoms with van der Waals surface area (Å²) in [6.45, 7) is 7.50. The Morgan fingerprint density at radius 2 is 2.00 bits per heavy atom. The summed E-state index contributed by atoms with van der Waals surface area (Å²) in [6.07, 6.45) is 4.66. The van der Waals surface area contributed by atoms with Gasteiger partial charge in [-0.2, -0.15) is 0 Å². The van der Waals surface area contributed by atoms with Crippen LogP contribution in [0.15, 0.2) is 34.8 Å². The fourth-order valence-corrected chi connectivity index (χ4v) is 5.97. The third kappa shape index (κ3) is 5.29. The second-order valence-electron chi connectivity index (χ2n) is 10.8. The molecule has 1 spiro atoms. The summed E-state index contributed by atoms with van der Waals surface area (Å²) in [5.74, 6) is -1.45. The molecule has 4 fully saturated rings. The van der Waals surface area contributed by atoms with Crippen LogP contribution in [0.4, 0.5) is 4.79 Å². The van der Waals surface area contributed by atoms with Gasteiger partial charge in [0.05, 0.1) is 30.6 Å². The van der Waals surface area contributed by atoms with E-state index in [-0.39, 0.29) is 64.9 Å². The van der Waals surface area contributed by atoms with Crippen molar-refractivity contribution >= 4 is 12.1 Å². The van der Waals surface area contributed by atoms with Gasteiger partial charge >= 0.3 is 35.7 Å². The van der Waals surface area contributed by atoms with E-state index >= 15 is 0 Å². The monoisotopic (exact) mass is 524 g/mol. The van der Waals surface area contributed by atoms with Gasteiger partial charge in [-0.3, -0.25) is 4.79 Å². The number of likely N-dealkylation sites (tertiary alicyclic amines) is 1. The molecule has 3 saturated heterocycles. The number of carboxylic acid groups (broad SMARTS) is 1. The molecule has 0 radical (unpaired) electrons. The first kappa shape index (κ1) is 28.3. The summed E-state index contributed by atoms with van der Waals surface area (Å²) in [5, 5.41) is 11.0. The summed E-state index contributed by atoms with van der Waals surface area (Å²) in [5.41, 5.74) is -0.0699. The molecule has 0 unspecified atom stereocenters. The Hall–Kier alpha value is -1.69. The summed E-state index contributed by atoms with van der Waals surface area (Å²) in [7, 11) is 1.64. The van der Waals surface area contributed by atoms with Gasteiger partial charge in [-0.05, 0) is 46.1 Å². The normalized spacial score (nSPS) is 34.2. The first-order chi connectivity index (χ1) is 17.1. The summed E-state index contributed by atoms with van der Waals surface area (Å²) >= 11 is 0. The predicted molar refractivity (Wildman–Crippen MR) is 125 cm³/mol. The average molecular weight is 525 g/mol. The fraction of sp³-hybridized carbons (Fsp3) is 0.654. The first-order valence-corrected chi connectivity index (χ1v) is 12.4. The van der Waals surface area contributed by atoms with E-state index in [4.69, 9.17) is 18.9 Å². The number of allylic oxidation sites excluding steroid dienone is 1. The average Bonchev–Trinajstić information content (AvgIpc) is 3.70. The maximum atomic E-state index is 13.0. The molecule has 11 heteroatoms. The molecule has 5 rings (SSSR count). The number of hydrogen-bond donors (Lipinski definition) is 0. The molecule has 1 saturated carbocycles. The number of nitrogens with zero attached hydrogens (tertiary/aromatic N) is 2. The molecule has 37 heavy (non-hydrogen) atoms. The van der Waals surface area contributed by atoms with E-state index in [0.29, 0.717) is 26.1 Å². The number of amides is 1. The van der Waals surface area contributed by atoms with Gasteiger partial charge in [-0.15, -0.1) is 0 Å². The molecule has 4 heterocycles. The van der Waals surface area contributed by atoms with Crippen molar-refractivity contribution in [3.05, 3.63) is 45.9 Å². The van der Waals surface area contributed by atoms with E-state index in [9.17, 15) is 19.5 Å². The van der Waals surface area contributed by atoms with Gasteiger partial charge in [0.15, 0.2) is 0 Å².